The standard InChI is InChI=1S/C33H43N3O8S/c1-20-16-23(41-4)12-11-22(20)17-34-29(38)28-33(2,3)45-19-36(28)30(39)27(37)25(13-10-21-8-6-5-7-9-21)35-32(40)44-26-18-43-31-24(26)14-15-42-31/h5-9,11-12,16,24-28,31,37H,10,13-15,17-19H2,1-4H3,(H,34,38)(H,35,40)/t24-,25-,26-,27-,28+,31+/m0/s1. The number of nitrogens with zero attached hydrogens (tertiary/aromatic N) is 1. The van der Waals surface area contributed by atoms with E-state index in [2.05, 4.69) is 10.6 Å². The van der Waals surface area contributed by atoms with Crippen LogP contribution in [0.3, 0.4) is 0 Å². The van der Waals surface area contributed by atoms with E-state index in [1.807, 2.05) is 69.3 Å². The van der Waals surface area contributed by atoms with Gasteiger partial charge in [0.2, 0.25) is 5.91 Å². The lowest BCUT2D eigenvalue weighted by atomic mass is 9.97. The van der Waals surface area contributed by atoms with Crippen LogP contribution in [0.15, 0.2) is 48.5 Å². The van der Waals surface area contributed by atoms with Crippen LogP contribution in [0.5, 0.6) is 5.75 Å². The third kappa shape index (κ3) is 7.74. The number of carbonyl (C=O) groups excluding carboxylic acids is 3. The highest BCUT2D eigenvalue weighted by Crippen LogP contribution is 2.40. The zero-order chi connectivity index (χ0) is 32.1. The van der Waals surface area contributed by atoms with Crippen LogP contribution in [0.25, 0.3) is 0 Å². The number of aliphatic hydroxyl groups is 1. The number of benzene rings is 2. The molecule has 0 aliphatic carbocycles. The number of fused-ring (bicyclic) bond motifs is 1. The third-order valence-corrected chi connectivity index (χ3v) is 10.2. The van der Waals surface area contributed by atoms with E-state index in [9.17, 15) is 19.5 Å². The van der Waals surface area contributed by atoms with Crippen LogP contribution in [0.4, 0.5) is 4.79 Å². The molecule has 3 aliphatic heterocycles. The second kappa shape index (κ2) is 14.4. The fourth-order valence-corrected chi connectivity index (χ4v) is 7.31. The number of methoxy groups -OCH3 is 1. The minimum atomic E-state index is -1.60. The van der Waals surface area contributed by atoms with Gasteiger partial charge in [0.05, 0.1) is 38.2 Å². The Bertz CT molecular complexity index is 1360. The summed E-state index contributed by atoms with van der Waals surface area (Å²) in [5.74, 6) is -0.0330. The second-order valence-electron chi connectivity index (χ2n) is 12.3. The molecule has 6 atom stereocenters. The van der Waals surface area contributed by atoms with E-state index in [0.717, 1.165) is 28.9 Å². The maximum absolute atomic E-state index is 13.9. The summed E-state index contributed by atoms with van der Waals surface area (Å²) in [7, 11) is 1.60. The minimum absolute atomic E-state index is 0.0464. The number of hydrogen-bond acceptors (Lipinski definition) is 9. The van der Waals surface area contributed by atoms with Crippen molar-refractivity contribution < 1.29 is 38.4 Å². The van der Waals surface area contributed by atoms with Crippen molar-refractivity contribution in [1.82, 2.24) is 15.5 Å². The molecule has 2 aromatic carbocycles. The first-order valence-electron chi connectivity index (χ1n) is 15.4. The average molecular weight is 642 g/mol. The molecule has 12 heteroatoms. The number of hydrogen-bond donors (Lipinski definition) is 3. The Kier molecular flexibility index (Phi) is 10.6. The molecule has 0 spiro atoms. The van der Waals surface area contributed by atoms with Gasteiger partial charge in [-0.15, -0.1) is 11.8 Å². The molecular weight excluding hydrogens is 598 g/mol. The Morgan fingerprint density at radius 3 is 2.67 bits per heavy atom. The molecule has 0 aromatic heterocycles. The molecule has 3 aliphatic rings. The van der Waals surface area contributed by atoms with Gasteiger partial charge in [-0.2, -0.15) is 0 Å². The van der Waals surface area contributed by atoms with Crippen LogP contribution in [0.2, 0.25) is 0 Å². The summed E-state index contributed by atoms with van der Waals surface area (Å²) in [6.45, 7) is 6.81. The van der Waals surface area contributed by atoms with E-state index in [0.29, 0.717) is 13.0 Å². The summed E-state index contributed by atoms with van der Waals surface area (Å²) in [4.78, 5) is 42.0. The monoisotopic (exact) mass is 641 g/mol. The smallest absolute Gasteiger partial charge is 0.407 e. The van der Waals surface area contributed by atoms with Crippen molar-refractivity contribution in [3.05, 3.63) is 65.2 Å². The van der Waals surface area contributed by atoms with Crippen LogP contribution in [-0.2, 0) is 36.8 Å². The molecule has 3 amide bonds. The molecule has 0 saturated carbocycles. The van der Waals surface area contributed by atoms with Gasteiger partial charge in [-0.25, -0.2) is 4.79 Å². The summed E-state index contributed by atoms with van der Waals surface area (Å²) in [5.41, 5.74) is 2.89. The van der Waals surface area contributed by atoms with Crippen molar-refractivity contribution in [2.45, 2.75) is 81.9 Å². The number of amides is 3. The summed E-state index contributed by atoms with van der Waals surface area (Å²) >= 11 is 1.46. The Morgan fingerprint density at radius 2 is 1.93 bits per heavy atom. The SMILES string of the molecule is COc1ccc(CNC(=O)[C@H]2N(C(=O)[C@@H](O)[C@H](CCc3ccccc3)NC(=O)O[C@H]3CO[C@H]4OCC[C@H]43)CSC2(C)C)c(C)c1. The maximum atomic E-state index is 13.9. The quantitative estimate of drug-likeness (QED) is 0.338. The van der Waals surface area contributed by atoms with Crippen molar-refractivity contribution in [3.8, 4) is 5.75 Å². The predicted octanol–water partition coefficient (Wildman–Crippen LogP) is 3.15. The molecule has 3 fully saturated rings. The van der Waals surface area contributed by atoms with Crippen molar-refractivity contribution in [3.63, 3.8) is 0 Å². The molecule has 0 unspecified atom stereocenters. The number of nitrogens with one attached hydrogen (secondary N) is 2. The second-order valence-corrected chi connectivity index (χ2v) is 13.9. The van der Waals surface area contributed by atoms with E-state index in [1.54, 1.807) is 7.11 Å². The molecule has 3 heterocycles. The van der Waals surface area contributed by atoms with E-state index in [4.69, 9.17) is 18.9 Å². The maximum Gasteiger partial charge on any atom is 0.407 e. The lowest BCUT2D eigenvalue weighted by Gasteiger charge is -2.33. The van der Waals surface area contributed by atoms with E-state index < -0.39 is 41.0 Å². The Labute approximate surface area is 268 Å². The average Bonchev–Trinajstić information content (AvgIpc) is 3.73. The zero-order valence-electron chi connectivity index (χ0n) is 26.2. The van der Waals surface area contributed by atoms with Crippen molar-refractivity contribution >= 4 is 29.7 Å². The van der Waals surface area contributed by atoms with Gasteiger partial charge < -0.3 is 39.6 Å². The molecule has 3 saturated heterocycles. The number of aryl methyl sites for hydroxylation is 2. The van der Waals surface area contributed by atoms with Crippen LogP contribution in [0.1, 0.15) is 43.4 Å². The highest BCUT2D eigenvalue weighted by Gasteiger charge is 2.50. The fourth-order valence-electron chi connectivity index (χ4n) is 6.17. The highest BCUT2D eigenvalue weighted by molar-refractivity contribution is 8.00. The van der Waals surface area contributed by atoms with Gasteiger partial charge in [-0.3, -0.25) is 9.59 Å². The third-order valence-electron chi connectivity index (χ3n) is 8.85. The van der Waals surface area contributed by atoms with Gasteiger partial charge in [0.15, 0.2) is 12.4 Å². The topological polar surface area (TPSA) is 136 Å². The van der Waals surface area contributed by atoms with Gasteiger partial charge >= 0.3 is 6.09 Å². The number of carbonyl (C=O) groups is 3. The molecular formula is C33H43N3O8S. The first-order chi connectivity index (χ1) is 21.6. The summed E-state index contributed by atoms with van der Waals surface area (Å²) < 4.78 is 21.5. The summed E-state index contributed by atoms with van der Waals surface area (Å²) in [5, 5.41) is 17.2. The molecule has 244 valence electrons. The Morgan fingerprint density at radius 1 is 1.16 bits per heavy atom. The highest BCUT2D eigenvalue weighted by atomic mass is 32.2. The first-order valence-corrected chi connectivity index (χ1v) is 16.3. The Balaban J connectivity index is 1.27. The lowest BCUT2D eigenvalue weighted by Crippen LogP contribution is -2.58. The number of alkyl carbamates (subject to hydrolysis) is 1. The lowest BCUT2D eigenvalue weighted by molar-refractivity contribution is -0.147. The van der Waals surface area contributed by atoms with E-state index >= 15 is 0 Å². The Hall–Kier alpha value is -3.32. The van der Waals surface area contributed by atoms with Crippen LogP contribution >= 0.6 is 11.8 Å². The fraction of sp³-hybridized carbons (Fsp3) is 0.545. The van der Waals surface area contributed by atoms with E-state index in [1.165, 1.54) is 16.7 Å². The molecule has 0 bridgehead atoms. The van der Waals surface area contributed by atoms with E-state index in [-0.39, 0.29) is 43.6 Å². The van der Waals surface area contributed by atoms with Gasteiger partial charge in [0.1, 0.15) is 17.9 Å². The van der Waals surface area contributed by atoms with Crippen molar-refractivity contribution in [1.29, 1.82) is 0 Å². The molecule has 45 heavy (non-hydrogen) atoms. The molecule has 3 N–H and O–H groups in total. The van der Waals surface area contributed by atoms with Crippen molar-refractivity contribution in [2.75, 3.05) is 26.2 Å². The predicted molar refractivity (Wildman–Crippen MR) is 169 cm³/mol. The van der Waals surface area contributed by atoms with Crippen LogP contribution < -0.4 is 15.4 Å². The summed E-state index contributed by atoms with van der Waals surface area (Å²) in [6.07, 6.45) is -1.67. The van der Waals surface area contributed by atoms with Gasteiger partial charge in [-0.05, 0) is 68.9 Å². The molecule has 2 aromatic rings. The minimum Gasteiger partial charge on any atom is -0.497 e. The summed E-state index contributed by atoms with van der Waals surface area (Å²) in [6, 6.07) is 13.5. The number of thioether (sulfide) groups is 1. The van der Waals surface area contributed by atoms with Gasteiger partial charge in [0, 0.05) is 11.3 Å². The van der Waals surface area contributed by atoms with Gasteiger partial charge in [-0.1, -0.05) is 36.4 Å². The molecule has 11 nitrogen and oxygen atoms in total. The normalized spacial score (nSPS) is 24.9. The number of rotatable bonds is 11. The van der Waals surface area contributed by atoms with Crippen LogP contribution in [0, 0.1) is 12.8 Å². The molecule has 0 radical (unpaired) electrons. The molecule has 5 rings (SSSR count). The van der Waals surface area contributed by atoms with Crippen molar-refractivity contribution in [2.24, 2.45) is 5.92 Å². The van der Waals surface area contributed by atoms with Crippen LogP contribution in [-0.4, -0.2) is 89.4 Å². The zero-order valence-corrected chi connectivity index (χ0v) is 27.0. The number of aliphatic hydroxyl groups excluding tert-OH is 1. The van der Waals surface area contributed by atoms with Gasteiger partial charge in [0.25, 0.3) is 5.91 Å². The largest absolute Gasteiger partial charge is 0.497 e. The number of ether oxygens (including phenoxy) is 4. The first kappa shape index (κ1) is 33.1.